The number of halogens is 2. The number of carbonyl (C=O) groups is 1. The largest absolute Gasteiger partial charge is 0.323 e. The van der Waals surface area contributed by atoms with Crippen LogP contribution in [0.3, 0.4) is 0 Å². The van der Waals surface area contributed by atoms with E-state index in [0.29, 0.717) is 27.3 Å². The number of aromatic amines is 2. The number of hydrogen-bond acceptors (Lipinski definition) is 2. The second-order valence-corrected chi connectivity index (χ2v) is 6.02. The molecule has 0 radical (unpaired) electrons. The van der Waals surface area contributed by atoms with E-state index in [4.69, 9.17) is 11.6 Å². The average Bonchev–Trinajstić information content (AvgIpc) is 2.77. The van der Waals surface area contributed by atoms with E-state index < -0.39 is 0 Å². The van der Waals surface area contributed by atoms with Crippen molar-refractivity contribution in [2.75, 3.05) is 5.32 Å². The van der Waals surface area contributed by atoms with Gasteiger partial charge in [0.2, 0.25) is 0 Å². The molecule has 1 aromatic heterocycles. The van der Waals surface area contributed by atoms with Crippen molar-refractivity contribution < 1.29 is 4.79 Å². The molecule has 0 fully saturated rings. The van der Waals surface area contributed by atoms with E-state index in [0.717, 1.165) is 3.57 Å². The molecule has 7 heteroatoms. The zero-order valence-corrected chi connectivity index (χ0v) is 13.4. The van der Waals surface area contributed by atoms with Gasteiger partial charge >= 0.3 is 5.69 Å². The van der Waals surface area contributed by atoms with E-state index in [-0.39, 0.29) is 11.6 Å². The molecule has 5 nitrogen and oxygen atoms in total. The SMILES string of the molecule is O=C(Nc1ccc2[nH]c(=O)[nH]c2c1)c1ccc(Cl)cc1I. The lowest BCUT2D eigenvalue weighted by atomic mass is 10.2. The molecule has 0 bridgehead atoms. The number of fused-ring (bicyclic) bond motifs is 1. The minimum atomic E-state index is -0.277. The van der Waals surface area contributed by atoms with Crippen LogP contribution in [0.2, 0.25) is 5.02 Å². The van der Waals surface area contributed by atoms with Crippen molar-refractivity contribution in [3.8, 4) is 0 Å². The smallest absolute Gasteiger partial charge is 0.322 e. The molecule has 3 N–H and O–H groups in total. The molecule has 0 spiro atoms. The number of nitrogens with one attached hydrogen (secondary N) is 3. The van der Waals surface area contributed by atoms with Crippen LogP contribution < -0.4 is 11.0 Å². The van der Waals surface area contributed by atoms with Crippen LogP contribution in [0.5, 0.6) is 0 Å². The maximum atomic E-state index is 12.2. The summed E-state index contributed by atoms with van der Waals surface area (Å²) >= 11 is 7.94. The van der Waals surface area contributed by atoms with Crippen molar-refractivity contribution in [2.45, 2.75) is 0 Å². The first-order valence-corrected chi connectivity index (χ1v) is 7.47. The van der Waals surface area contributed by atoms with Gasteiger partial charge in [-0.25, -0.2) is 4.79 Å². The third-order valence-electron chi connectivity index (χ3n) is 2.95. The third kappa shape index (κ3) is 2.96. The van der Waals surface area contributed by atoms with E-state index in [9.17, 15) is 9.59 Å². The molecule has 1 amide bonds. The number of carbonyl (C=O) groups excluding carboxylic acids is 1. The van der Waals surface area contributed by atoms with E-state index in [1.54, 1.807) is 36.4 Å². The predicted octanol–water partition coefficient (Wildman–Crippen LogP) is 3.37. The fraction of sp³-hybridized carbons (Fsp3) is 0. The topological polar surface area (TPSA) is 77.8 Å². The summed E-state index contributed by atoms with van der Waals surface area (Å²) in [6, 6.07) is 10.2. The molecule has 0 atom stereocenters. The summed E-state index contributed by atoms with van der Waals surface area (Å²) in [5.74, 6) is -0.228. The van der Waals surface area contributed by atoms with Gasteiger partial charge in [-0.15, -0.1) is 0 Å². The first-order valence-electron chi connectivity index (χ1n) is 6.01. The molecule has 0 saturated carbocycles. The summed E-state index contributed by atoms with van der Waals surface area (Å²) in [6.07, 6.45) is 0. The van der Waals surface area contributed by atoms with Crippen LogP contribution >= 0.6 is 34.2 Å². The first kappa shape index (κ1) is 14.2. The fourth-order valence-corrected chi connectivity index (χ4v) is 3.10. The molecule has 0 aliphatic rings. The highest BCUT2D eigenvalue weighted by Gasteiger charge is 2.11. The lowest BCUT2D eigenvalue weighted by molar-refractivity contribution is 0.102. The third-order valence-corrected chi connectivity index (χ3v) is 4.08. The normalized spacial score (nSPS) is 10.8. The van der Waals surface area contributed by atoms with Crippen LogP contribution in [0.1, 0.15) is 10.4 Å². The van der Waals surface area contributed by atoms with E-state index in [1.807, 2.05) is 0 Å². The highest BCUT2D eigenvalue weighted by molar-refractivity contribution is 14.1. The minimum Gasteiger partial charge on any atom is -0.322 e. The zero-order valence-electron chi connectivity index (χ0n) is 10.5. The lowest BCUT2D eigenvalue weighted by Crippen LogP contribution is -2.13. The Morgan fingerprint density at radius 3 is 2.62 bits per heavy atom. The molecule has 3 aromatic rings. The molecule has 106 valence electrons. The Balaban J connectivity index is 1.90. The van der Waals surface area contributed by atoms with Gasteiger partial charge in [-0.2, -0.15) is 0 Å². The number of amides is 1. The summed E-state index contributed by atoms with van der Waals surface area (Å²) in [5, 5.41) is 3.38. The highest BCUT2D eigenvalue weighted by Crippen LogP contribution is 2.20. The summed E-state index contributed by atoms with van der Waals surface area (Å²) < 4.78 is 0.772. The van der Waals surface area contributed by atoms with E-state index >= 15 is 0 Å². The van der Waals surface area contributed by atoms with E-state index in [1.165, 1.54) is 0 Å². The fourth-order valence-electron chi connectivity index (χ4n) is 1.98. The molecule has 0 saturated heterocycles. The minimum absolute atomic E-state index is 0.228. The summed E-state index contributed by atoms with van der Waals surface area (Å²) in [5.41, 5.74) is 2.21. The number of benzene rings is 2. The molecule has 21 heavy (non-hydrogen) atoms. The summed E-state index contributed by atoms with van der Waals surface area (Å²) in [4.78, 5) is 28.8. The van der Waals surface area contributed by atoms with Gasteiger partial charge in [-0.3, -0.25) is 4.79 Å². The molecule has 0 aliphatic heterocycles. The Kier molecular flexibility index (Phi) is 3.73. The molecule has 0 aliphatic carbocycles. The summed E-state index contributed by atoms with van der Waals surface area (Å²) in [6.45, 7) is 0. The lowest BCUT2D eigenvalue weighted by Gasteiger charge is -2.07. The Morgan fingerprint density at radius 1 is 1.10 bits per heavy atom. The second kappa shape index (κ2) is 5.53. The molecular weight excluding hydrogens is 405 g/mol. The van der Waals surface area contributed by atoms with Gasteiger partial charge in [-0.1, -0.05) is 11.6 Å². The number of imidazole rings is 1. The number of H-pyrrole nitrogens is 2. The second-order valence-electron chi connectivity index (χ2n) is 4.42. The van der Waals surface area contributed by atoms with Crippen molar-refractivity contribution in [2.24, 2.45) is 0 Å². The van der Waals surface area contributed by atoms with Crippen LogP contribution in [0.25, 0.3) is 11.0 Å². The molecule has 1 heterocycles. The quantitative estimate of drug-likeness (QED) is 0.563. The average molecular weight is 414 g/mol. The van der Waals surface area contributed by atoms with Gasteiger partial charge in [-0.05, 0) is 59.0 Å². The van der Waals surface area contributed by atoms with Crippen LogP contribution in [-0.4, -0.2) is 15.9 Å². The van der Waals surface area contributed by atoms with E-state index in [2.05, 4.69) is 37.9 Å². The Hall–Kier alpha value is -1.80. The number of rotatable bonds is 2. The van der Waals surface area contributed by atoms with Gasteiger partial charge in [0, 0.05) is 14.3 Å². The van der Waals surface area contributed by atoms with Gasteiger partial charge in [0.05, 0.1) is 16.6 Å². The first-order chi connectivity index (χ1) is 10.0. The Labute approximate surface area is 137 Å². The standard InChI is InChI=1S/C14H9ClIN3O2/c15-7-1-3-9(10(16)5-7)13(20)17-8-2-4-11-12(6-8)19-14(21)18-11/h1-6H,(H,17,20)(H2,18,19,21). The van der Waals surface area contributed by atoms with Crippen molar-refractivity contribution in [3.05, 3.63) is 61.0 Å². The van der Waals surface area contributed by atoms with Crippen LogP contribution in [0, 0.1) is 3.57 Å². The monoisotopic (exact) mass is 413 g/mol. The van der Waals surface area contributed by atoms with Crippen LogP contribution in [0.4, 0.5) is 5.69 Å². The summed E-state index contributed by atoms with van der Waals surface area (Å²) in [7, 11) is 0. The Bertz CT molecular complexity index is 901. The maximum Gasteiger partial charge on any atom is 0.323 e. The number of hydrogen-bond donors (Lipinski definition) is 3. The molecule has 2 aromatic carbocycles. The van der Waals surface area contributed by atoms with Crippen molar-refractivity contribution in [1.82, 2.24) is 9.97 Å². The molecular formula is C14H9ClIN3O2. The van der Waals surface area contributed by atoms with Gasteiger partial charge in [0.15, 0.2) is 0 Å². The maximum absolute atomic E-state index is 12.2. The highest BCUT2D eigenvalue weighted by atomic mass is 127. The van der Waals surface area contributed by atoms with Crippen LogP contribution in [-0.2, 0) is 0 Å². The van der Waals surface area contributed by atoms with Gasteiger partial charge < -0.3 is 15.3 Å². The van der Waals surface area contributed by atoms with Gasteiger partial charge in [0.1, 0.15) is 0 Å². The van der Waals surface area contributed by atoms with Crippen molar-refractivity contribution >= 4 is 56.8 Å². The number of anilines is 1. The Morgan fingerprint density at radius 2 is 1.86 bits per heavy atom. The predicted molar refractivity (Wildman–Crippen MR) is 91.0 cm³/mol. The van der Waals surface area contributed by atoms with Crippen molar-refractivity contribution in [1.29, 1.82) is 0 Å². The van der Waals surface area contributed by atoms with Crippen molar-refractivity contribution in [3.63, 3.8) is 0 Å². The zero-order chi connectivity index (χ0) is 15.0. The number of aromatic nitrogens is 2. The van der Waals surface area contributed by atoms with Crippen LogP contribution in [0.15, 0.2) is 41.2 Å². The molecule has 3 rings (SSSR count). The molecule has 0 unspecified atom stereocenters. The van der Waals surface area contributed by atoms with Gasteiger partial charge in [0.25, 0.3) is 5.91 Å².